The molecule has 1 aliphatic rings. The van der Waals surface area contributed by atoms with Crippen LogP contribution in [-0.2, 0) is 6.54 Å². The fourth-order valence-corrected chi connectivity index (χ4v) is 5.69. The standard InChI is InChI=1S/C34H44N6O2/c1-5-38(6-2)15-8-16-39-17-19-40(20-18-39)33-23-28(22-27-11-12-30(42-4)24-31(27)33)32-13-14-35-34(37-32)36-25-26-9-7-10-29(21-26)41-3/h7,9-14,21-24H,5-6,8,15-20,25H2,1-4H3,(H,35,36,37). The third-order valence-electron chi connectivity index (χ3n) is 8.23. The molecule has 222 valence electrons. The summed E-state index contributed by atoms with van der Waals surface area (Å²) in [4.78, 5) is 17.0. The van der Waals surface area contributed by atoms with Gasteiger partial charge in [0.2, 0.25) is 5.95 Å². The van der Waals surface area contributed by atoms with Crippen LogP contribution in [0.2, 0.25) is 0 Å². The molecule has 0 bridgehead atoms. The molecule has 3 aromatic carbocycles. The van der Waals surface area contributed by atoms with Crippen molar-refractivity contribution in [3.05, 3.63) is 72.4 Å². The van der Waals surface area contributed by atoms with Crippen molar-refractivity contribution in [1.82, 2.24) is 19.8 Å². The van der Waals surface area contributed by atoms with Crippen molar-refractivity contribution in [3.8, 4) is 22.8 Å². The van der Waals surface area contributed by atoms with Gasteiger partial charge in [-0.15, -0.1) is 0 Å². The molecule has 8 nitrogen and oxygen atoms in total. The molecule has 1 N–H and O–H groups in total. The highest BCUT2D eigenvalue weighted by atomic mass is 16.5. The number of hydrogen-bond acceptors (Lipinski definition) is 8. The topological polar surface area (TPSA) is 66.0 Å². The molecule has 1 fully saturated rings. The number of ether oxygens (including phenoxy) is 2. The molecule has 0 radical (unpaired) electrons. The summed E-state index contributed by atoms with van der Waals surface area (Å²) >= 11 is 0. The Morgan fingerprint density at radius 3 is 2.43 bits per heavy atom. The van der Waals surface area contributed by atoms with Crippen LogP contribution in [0.1, 0.15) is 25.8 Å². The van der Waals surface area contributed by atoms with Crippen LogP contribution in [0.25, 0.3) is 22.0 Å². The Morgan fingerprint density at radius 1 is 0.881 bits per heavy atom. The summed E-state index contributed by atoms with van der Waals surface area (Å²) in [5.74, 6) is 2.31. The van der Waals surface area contributed by atoms with Crippen LogP contribution in [0.5, 0.6) is 11.5 Å². The van der Waals surface area contributed by atoms with E-state index in [2.05, 4.69) is 69.2 Å². The van der Waals surface area contributed by atoms with Gasteiger partial charge in [0.15, 0.2) is 0 Å². The summed E-state index contributed by atoms with van der Waals surface area (Å²) in [5.41, 5.74) is 4.31. The summed E-state index contributed by atoms with van der Waals surface area (Å²) in [6, 6.07) is 20.8. The Bertz CT molecular complexity index is 1450. The molecule has 0 amide bonds. The highest BCUT2D eigenvalue weighted by Gasteiger charge is 2.20. The van der Waals surface area contributed by atoms with Gasteiger partial charge >= 0.3 is 0 Å². The molecule has 0 spiro atoms. The molecule has 8 heteroatoms. The van der Waals surface area contributed by atoms with Crippen LogP contribution in [-0.4, -0.2) is 86.3 Å². The number of methoxy groups -OCH3 is 2. The average molecular weight is 569 g/mol. The molecule has 1 aromatic heterocycles. The highest BCUT2D eigenvalue weighted by Crippen LogP contribution is 2.35. The highest BCUT2D eigenvalue weighted by molar-refractivity contribution is 5.98. The van der Waals surface area contributed by atoms with Crippen LogP contribution in [0.15, 0.2) is 66.9 Å². The molecule has 5 rings (SSSR count). The van der Waals surface area contributed by atoms with E-state index in [1.54, 1.807) is 14.2 Å². The Labute approximate surface area is 250 Å². The molecule has 0 unspecified atom stereocenters. The second kappa shape index (κ2) is 14.3. The fourth-order valence-electron chi connectivity index (χ4n) is 5.69. The fraction of sp³-hybridized carbons (Fsp3) is 0.412. The average Bonchev–Trinajstić information content (AvgIpc) is 3.05. The molecule has 1 aliphatic heterocycles. The number of anilines is 2. The molecule has 1 saturated heterocycles. The van der Waals surface area contributed by atoms with Crippen LogP contribution in [0, 0.1) is 0 Å². The van der Waals surface area contributed by atoms with Crippen molar-refractivity contribution in [2.45, 2.75) is 26.8 Å². The van der Waals surface area contributed by atoms with E-state index in [9.17, 15) is 0 Å². The first-order chi connectivity index (χ1) is 20.6. The summed E-state index contributed by atoms with van der Waals surface area (Å²) in [6.07, 6.45) is 3.05. The smallest absolute Gasteiger partial charge is 0.223 e. The maximum atomic E-state index is 5.60. The number of nitrogens with zero attached hydrogens (tertiary/aromatic N) is 5. The van der Waals surface area contributed by atoms with Gasteiger partial charge < -0.3 is 24.6 Å². The number of nitrogens with one attached hydrogen (secondary N) is 1. The van der Waals surface area contributed by atoms with Gasteiger partial charge in [-0.1, -0.05) is 32.0 Å². The van der Waals surface area contributed by atoms with E-state index in [1.165, 1.54) is 29.4 Å². The molecule has 0 saturated carbocycles. The van der Waals surface area contributed by atoms with Gasteiger partial charge in [-0.2, -0.15) is 0 Å². The number of aromatic nitrogens is 2. The predicted molar refractivity (Wildman–Crippen MR) is 173 cm³/mol. The quantitative estimate of drug-likeness (QED) is 0.218. The van der Waals surface area contributed by atoms with Gasteiger partial charge in [-0.3, -0.25) is 4.90 Å². The zero-order valence-electron chi connectivity index (χ0n) is 25.5. The molecule has 0 aliphatic carbocycles. The maximum Gasteiger partial charge on any atom is 0.223 e. The van der Waals surface area contributed by atoms with Crippen LogP contribution < -0.4 is 19.7 Å². The van der Waals surface area contributed by atoms with Gasteiger partial charge in [-0.05, 0) is 86.0 Å². The van der Waals surface area contributed by atoms with Crippen molar-refractivity contribution in [2.75, 3.05) is 76.8 Å². The first kappa shape index (κ1) is 29.6. The molecular weight excluding hydrogens is 524 g/mol. The van der Waals surface area contributed by atoms with Crippen LogP contribution in [0.3, 0.4) is 0 Å². The largest absolute Gasteiger partial charge is 0.497 e. The SMILES string of the molecule is CCN(CC)CCCN1CCN(c2cc(-c3ccnc(NCc4cccc(OC)c4)n3)cc3ccc(OC)cc23)CC1. The third kappa shape index (κ3) is 7.30. The summed E-state index contributed by atoms with van der Waals surface area (Å²) in [5, 5.41) is 5.76. The lowest BCUT2D eigenvalue weighted by Crippen LogP contribution is -2.47. The van der Waals surface area contributed by atoms with Crippen molar-refractivity contribution >= 4 is 22.4 Å². The third-order valence-corrected chi connectivity index (χ3v) is 8.23. The Kier molecular flexibility index (Phi) is 10.1. The Morgan fingerprint density at radius 2 is 1.67 bits per heavy atom. The molecule has 4 aromatic rings. The summed E-state index contributed by atoms with van der Waals surface area (Å²) < 4.78 is 11.0. The Balaban J connectivity index is 1.34. The lowest BCUT2D eigenvalue weighted by molar-refractivity contribution is 0.227. The minimum atomic E-state index is 0.602. The zero-order valence-corrected chi connectivity index (χ0v) is 25.5. The summed E-state index contributed by atoms with van der Waals surface area (Å²) in [6.45, 7) is 13.8. The molecule has 2 heterocycles. The second-order valence-corrected chi connectivity index (χ2v) is 10.8. The van der Waals surface area contributed by atoms with Gasteiger partial charge in [-0.25, -0.2) is 9.97 Å². The number of hydrogen-bond donors (Lipinski definition) is 1. The maximum absolute atomic E-state index is 5.60. The van der Waals surface area contributed by atoms with Crippen molar-refractivity contribution in [2.24, 2.45) is 0 Å². The van der Waals surface area contributed by atoms with Gasteiger partial charge in [0.1, 0.15) is 11.5 Å². The van der Waals surface area contributed by atoms with Gasteiger partial charge in [0, 0.05) is 55.6 Å². The van der Waals surface area contributed by atoms with Crippen molar-refractivity contribution in [3.63, 3.8) is 0 Å². The van der Waals surface area contributed by atoms with Crippen molar-refractivity contribution in [1.29, 1.82) is 0 Å². The van der Waals surface area contributed by atoms with E-state index >= 15 is 0 Å². The van der Waals surface area contributed by atoms with Gasteiger partial charge in [0.25, 0.3) is 0 Å². The van der Waals surface area contributed by atoms with E-state index in [-0.39, 0.29) is 0 Å². The zero-order chi connectivity index (χ0) is 29.3. The lowest BCUT2D eigenvalue weighted by atomic mass is 10.0. The summed E-state index contributed by atoms with van der Waals surface area (Å²) in [7, 11) is 3.41. The normalized spacial score (nSPS) is 14.0. The van der Waals surface area contributed by atoms with E-state index < -0.39 is 0 Å². The lowest BCUT2D eigenvalue weighted by Gasteiger charge is -2.37. The Hall–Kier alpha value is -3.88. The van der Waals surface area contributed by atoms with Crippen LogP contribution in [0.4, 0.5) is 11.6 Å². The van der Waals surface area contributed by atoms with Gasteiger partial charge in [0.05, 0.1) is 19.9 Å². The minimum Gasteiger partial charge on any atom is -0.497 e. The number of fused-ring (bicyclic) bond motifs is 1. The molecule has 42 heavy (non-hydrogen) atoms. The van der Waals surface area contributed by atoms with E-state index in [0.717, 1.165) is 74.1 Å². The molecule has 0 atom stereocenters. The molecular formula is C34H44N6O2. The number of rotatable bonds is 13. The minimum absolute atomic E-state index is 0.602. The monoisotopic (exact) mass is 568 g/mol. The van der Waals surface area contributed by atoms with E-state index in [1.807, 2.05) is 36.5 Å². The first-order valence-corrected chi connectivity index (χ1v) is 15.1. The number of piperazine rings is 1. The van der Waals surface area contributed by atoms with E-state index in [0.29, 0.717) is 12.5 Å². The van der Waals surface area contributed by atoms with E-state index in [4.69, 9.17) is 14.5 Å². The second-order valence-electron chi connectivity index (χ2n) is 10.8. The van der Waals surface area contributed by atoms with Crippen molar-refractivity contribution < 1.29 is 9.47 Å². The first-order valence-electron chi connectivity index (χ1n) is 15.1. The predicted octanol–water partition coefficient (Wildman–Crippen LogP) is 5.78. The number of benzene rings is 3. The van der Waals surface area contributed by atoms with Crippen LogP contribution >= 0.6 is 0 Å².